The summed E-state index contributed by atoms with van der Waals surface area (Å²) in [6.07, 6.45) is 7.19. The molecule has 5 nitrogen and oxygen atoms in total. The van der Waals surface area contributed by atoms with Gasteiger partial charge in [0.2, 0.25) is 0 Å². The van der Waals surface area contributed by atoms with Gasteiger partial charge in [0.1, 0.15) is 11.6 Å². The first-order valence-electron chi connectivity index (χ1n) is 6.33. The fraction of sp³-hybridized carbons (Fsp3) is 0.0667. The number of hydrogen-bond donors (Lipinski definition) is 1. The fourth-order valence-corrected chi connectivity index (χ4v) is 2.42. The Hall–Kier alpha value is -2.82. The van der Waals surface area contributed by atoms with Gasteiger partial charge in [0.25, 0.3) is 0 Å². The van der Waals surface area contributed by atoms with E-state index in [1.165, 1.54) is 0 Å². The molecule has 0 radical (unpaired) electrons. The first-order chi connectivity index (χ1) is 9.83. The van der Waals surface area contributed by atoms with Gasteiger partial charge in [-0.1, -0.05) is 0 Å². The number of rotatable bonds is 0. The minimum absolute atomic E-state index is 0.746. The van der Waals surface area contributed by atoms with E-state index >= 15 is 0 Å². The van der Waals surface area contributed by atoms with E-state index in [-0.39, 0.29) is 0 Å². The van der Waals surface area contributed by atoms with Crippen molar-refractivity contribution in [3.05, 3.63) is 48.8 Å². The van der Waals surface area contributed by atoms with Gasteiger partial charge in [-0.3, -0.25) is 4.98 Å². The Balaban J connectivity index is 2.13. The number of nitrogens with zero attached hydrogens (tertiary/aromatic N) is 4. The topological polar surface area (TPSA) is 63.6 Å². The average Bonchev–Trinajstić information content (AvgIpc) is 2.61. The zero-order valence-electron chi connectivity index (χ0n) is 10.8. The predicted octanol–water partition coefficient (Wildman–Crippen LogP) is 2.97. The normalized spacial score (nSPS) is 11.7. The van der Waals surface area contributed by atoms with Crippen LogP contribution in [0.5, 0.6) is 0 Å². The van der Waals surface area contributed by atoms with Crippen molar-refractivity contribution in [2.75, 3.05) is 5.32 Å². The van der Waals surface area contributed by atoms with E-state index in [4.69, 9.17) is 0 Å². The molecule has 0 bridgehead atoms. The van der Waals surface area contributed by atoms with Crippen molar-refractivity contribution in [1.29, 1.82) is 0 Å². The Labute approximate surface area is 115 Å². The maximum Gasteiger partial charge on any atom is 0.139 e. The van der Waals surface area contributed by atoms with Crippen molar-refractivity contribution in [3.8, 4) is 22.4 Å². The number of hydrogen-bond acceptors (Lipinski definition) is 5. The van der Waals surface area contributed by atoms with Crippen molar-refractivity contribution in [2.24, 2.45) is 0 Å². The Morgan fingerprint density at radius 1 is 0.950 bits per heavy atom. The molecule has 1 N–H and O–H groups in total. The predicted molar refractivity (Wildman–Crippen MR) is 76.5 cm³/mol. The van der Waals surface area contributed by atoms with Crippen LogP contribution in [-0.2, 0) is 0 Å². The summed E-state index contributed by atoms with van der Waals surface area (Å²) in [5.41, 5.74) is 4.82. The third kappa shape index (κ3) is 1.56. The summed E-state index contributed by atoms with van der Waals surface area (Å²) in [6, 6.07) is 5.89. The molecular formula is C15H11N5. The molecule has 3 aromatic heterocycles. The maximum absolute atomic E-state index is 4.60. The minimum Gasteiger partial charge on any atom is -0.338 e. The van der Waals surface area contributed by atoms with Gasteiger partial charge in [0.15, 0.2) is 0 Å². The number of anilines is 2. The molecule has 3 aromatic rings. The molecule has 0 aliphatic carbocycles. The average molecular weight is 261 g/mol. The fourth-order valence-electron chi connectivity index (χ4n) is 2.42. The smallest absolute Gasteiger partial charge is 0.139 e. The Bertz CT molecular complexity index is 813. The van der Waals surface area contributed by atoms with Crippen molar-refractivity contribution in [2.45, 2.75) is 6.92 Å². The summed E-state index contributed by atoms with van der Waals surface area (Å²) in [6.45, 7) is 1.89. The monoisotopic (exact) mass is 261 g/mol. The summed E-state index contributed by atoms with van der Waals surface area (Å²) < 4.78 is 0. The molecule has 5 heteroatoms. The highest BCUT2D eigenvalue weighted by molar-refractivity contribution is 5.95. The van der Waals surface area contributed by atoms with E-state index in [9.17, 15) is 0 Å². The van der Waals surface area contributed by atoms with Gasteiger partial charge in [0, 0.05) is 35.3 Å². The molecule has 1 aliphatic heterocycles. The molecule has 1 aliphatic rings. The van der Waals surface area contributed by atoms with Crippen LogP contribution in [0.1, 0.15) is 5.82 Å². The zero-order chi connectivity index (χ0) is 13.5. The quantitative estimate of drug-likeness (QED) is 0.527. The van der Waals surface area contributed by atoms with Gasteiger partial charge in [-0.25, -0.2) is 15.0 Å². The molecule has 4 heterocycles. The van der Waals surface area contributed by atoms with Crippen molar-refractivity contribution >= 4 is 11.5 Å². The van der Waals surface area contributed by atoms with Crippen LogP contribution < -0.4 is 5.32 Å². The molecule has 0 spiro atoms. The van der Waals surface area contributed by atoms with Gasteiger partial charge in [-0.2, -0.15) is 0 Å². The molecule has 20 heavy (non-hydrogen) atoms. The van der Waals surface area contributed by atoms with Gasteiger partial charge in [-0.15, -0.1) is 0 Å². The lowest BCUT2D eigenvalue weighted by atomic mass is 10.0. The Kier molecular flexibility index (Phi) is 2.26. The van der Waals surface area contributed by atoms with Gasteiger partial charge < -0.3 is 5.32 Å². The van der Waals surface area contributed by atoms with Crippen LogP contribution in [0.15, 0.2) is 43.0 Å². The van der Waals surface area contributed by atoms with Crippen LogP contribution >= 0.6 is 0 Å². The van der Waals surface area contributed by atoms with Crippen LogP contribution in [0.25, 0.3) is 22.4 Å². The van der Waals surface area contributed by atoms with E-state index in [0.717, 1.165) is 39.7 Å². The molecule has 0 atom stereocenters. The van der Waals surface area contributed by atoms with Crippen molar-refractivity contribution in [3.63, 3.8) is 0 Å². The van der Waals surface area contributed by atoms with Crippen LogP contribution in [0.4, 0.5) is 11.5 Å². The highest BCUT2D eigenvalue weighted by Gasteiger charge is 2.21. The Morgan fingerprint density at radius 2 is 1.90 bits per heavy atom. The third-order valence-corrected chi connectivity index (χ3v) is 3.34. The number of nitrogens with one attached hydrogen (secondary N) is 1. The van der Waals surface area contributed by atoms with Crippen LogP contribution in [-0.4, -0.2) is 19.9 Å². The summed E-state index contributed by atoms with van der Waals surface area (Å²) in [4.78, 5) is 17.5. The van der Waals surface area contributed by atoms with Crippen molar-refractivity contribution < 1.29 is 0 Å². The van der Waals surface area contributed by atoms with E-state index in [1.807, 2.05) is 31.3 Å². The number of fused-ring (bicyclic) bond motifs is 5. The molecular weight excluding hydrogens is 250 g/mol. The highest BCUT2D eigenvalue weighted by atomic mass is 15.0. The molecule has 0 fully saturated rings. The molecule has 4 rings (SSSR count). The summed E-state index contributed by atoms with van der Waals surface area (Å²) in [5, 5.41) is 3.33. The first kappa shape index (κ1) is 11.0. The highest BCUT2D eigenvalue weighted by Crippen LogP contribution is 2.41. The largest absolute Gasteiger partial charge is 0.338 e. The maximum atomic E-state index is 4.60. The summed E-state index contributed by atoms with van der Waals surface area (Å²) >= 11 is 0. The van der Waals surface area contributed by atoms with Gasteiger partial charge in [0.05, 0.1) is 17.6 Å². The summed E-state index contributed by atoms with van der Waals surface area (Å²) in [5.74, 6) is 1.54. The van der Waals surface area contributed by atoms with E-state index in [0.29, 0.717) is 0 Å². The molecule has 0 saturated carbocycles. The number of pyridine rings is 2. The summed E-state index contributed by atoms with van der Waals surface area (Å²) in [7, 11) is 0. The zero-order valence-corrected chi connectivity index (χ0v) is 10.8. The van der Waals surface area contributed by atoms with Gasteiger partial charge in [-0.05, 0) is 25.1 Å². The van der Waals surface area contributed by atoms with E-state index in [2.05, 4.69) is 25.3 Å². The number of aromatic nitrogens is 4. The standard InChI is InChI=1S/C15H11N5/c1-9-18-7-12-10-4-6-16-8-13(10)20-15-11(14(12)19-9)3-2-5-17-15/h2-8H,1H3,(H,17,20). The molecule has 0 saturated heterocycles. The van der Waals surface area contributed by atoms with Gasteiger partial charge >= 0.3 is 0 Å². The van der Waals surface area contributed by atoms with Crippen LogP contribution in [0.2, 0.25) is 0 Å². The van der Waals surface area contributed by atoms with Crippen LogP contribution in [0.3, 0.4) is 0 Å². The third-order valence-electron chi connectivity index (χ3n) is 3.34. The molecule has 0 aromatic carbocycles. The minimum atomic E-state index is 0.746. The second-order valence-electron chi connectivity index (χ2n) is 4.63. The lowest BCUT2D eigenvalue weighted by Crippen LogP contribution is -1.95. The van der Waals surface area contributed by atoms with E-state index in [1.54, 1.807) is 18.6 Å². The Morgan fingerprint density at radius 3 is 2.85 bits per heavy atom. The van der Waals surface area contributed by atoms with Crippen LogP contribution in [0, 0.1) is 6.92 Å². The molecule has 96 valence electrons. The lowest BCUT2D eigenvalue weighted by molar-refractivity contribution is 1.06. The first-order valence-corrected chi connectivity index (χ1v) is 6.33. The lowest BCUT2D eigenvalue weighted by Gasteiger charge is -2.07. The number of aryl methyl sites for hydroxylation is 1. The van der Waals surface area contributed by atoms with Crippen molar-refractivity contribution in [1.82, 2.24) is 19.9 Å². The second kappa shape index (κ2) is 4.09. The SMILES string of the molecule is Cc1ncc2c(n1)-c1cccnc1Nc1cnccc1-2. The molecule has 0 amide bonds. The second-order valence-corrected chi connectivity index (χ2v) is 4.63. The van der Waals surface area contributed by atoms with E-state index < -0.39 is 0 Å². The molecule has 0 unspecified atom stereocenters.